The molecule has 1 aliphatic rings. The number of nitrogens with zero attached hydrogens (tertiary/aromatic N) is 4. The van der Waals surface area contributed by atoms with E-state index in [4.69, 9.17) is 15.6 Å². The van der Waals surface area contributed by atoms with Gasteiger partial charge in [-0.25, -0.2) is 19.4 Å². The molecule has 10 nitrogen and oxygen atoms in total. The summed E-state index contributed by atoms with van der Waals surface area (Å²) >= 11 is 0. The van der Waals surface area contributed by atoms with Crippen LogP contribution in [-0.4, -0.2) is 58.0 Å². The lowest BCUT2D eigenvalue weighted by atomic mass is 9.87. The zero-order valence-electron chi connectivity index (χ0n) is 16.4. The molecule has 1 atom stereocenters. The summed E-state index contributed by atoms with van der Waals surface area (Å²) < 4.78 is 19.6. The quantitative estimate of drug-likeness (QED) is 0.627. The summed E-state index contributed by atoms with van der Waals surface area (Å²) in [5.74, 6) is -1.28. The molecule has 1 aromatic carbocycles. The lowest BCUT2D eigenvalue weighted by molar-refractivity contribution is -0.128. The molecule has 2 heterocycles. The van der Waals surface area contributed by atoms with Crippen molar-refractivity contribution in [2.75, 3.05) is 25.6 Å². The van der Waals surface area contributed by atoms with Gasteiger partial charge in [0.1, 0.15) is 18.1 Å². The zero-order chi connectivity index (χ0) is 21.9. The number of nitrogens with two attached hydrogens (primary N) is 1. The molecular weight excluding hydrogens is 395 g/mol. The normalized spacial score (nSPS) is 18.7. The molecule has 0 saturated heterocycles. The van der Waals surface area contributed by atoms with Gasteiger partial charge in [-0.1, -0.05) is 0 Å². The van der Waals surface area contributed by atoms with Gasteiger partial charge in [-0.3, -0.25) is 14.5 Å². The van der Waals surface area contributed by atoms with E-state index in [9.17, 15) is 14.0 Å². The summed E-state index contributed by atoms with van der Waals surface area (Å²) in [6.45, 7) is 1.49. The lowest BCUT2D eigenvalue weighted by Gasteiger charge is -2.34. The van der Waals surface area contributed by atoms with Crippen LogP contribution in [0.2, 0.25) is 0 Å². The van der Waals surface area contributed by atoms with Crippen LogP contribution in [0.15, 0.2) is 35.6 Å². The average Bonchev–Trinajstić information content (AvgIpc) is 2.72. The number of hydrogen-bond acceptors (Lipinski definition) is 8. The number of halogens is 1. The van der Waals surface area contributed by atoms with Gasteiger partial charge < -0.3 is 20.9 Å². The van der Waals surface area contributed by atoms with Crippen molar-refractivity contribution >= 4 is 23.5 Å². The third-order valence-corrected chi connectivity index (χ3v) is 4.58. The van der Waals surface area contributed by atoms with Gasteiger partial charge in [0.2, 0.25) is 11.8 Å². The number of rotatable bonds is 6. The van der Waals surface area contributed by atoms with Crippen molar-refractivity contribution in [3.8, 4) is 5.88 Å². The highest BCUT2D eigenvalue weighted by Crippen LogP contribution is 2.35. The predicted molar refractivity (Wildman–Crippen MR) is 105 cm³/mol. The molecule has 11 heteroatoms. The fraction of sp³-hybridized carbons (Fsp3) is 0.316. The Morgan fingerprint density at radius 1 is 1.40 bits per heavy atom. The number of anilines is 1. The number of aliphatic imine (C=N–C) groups is 1. The number of guanidine groups is 1. The number of aromatic nitrogens is 2. The number of amides is 2. The van der Waals surface area contributed by atoms with Gasteiger partial charge in [0.15, 0.2) is 5.96 Å². The highest BCUT2D eigenvalue weighted by atomic mass is 19.1. The first-order chi connectivity index (χ1) is 14.2. The number of aliphatic hydroxyl groups is 1. The molecule has 1 aliphatic heterocycles. The third-order valence-electron chi connectivity index (χ3n) is 4.58. The van der Waals surface area contributed by atoms with E-state index < -0.39 is 17.3 Å². The molecule has 0 spiro atoms. The summed E-state index contributed by atoms with van der Waals surface area (Å²) in [6, 6.07) is 3.98. The van der Waals surface area contributed by atoms with Gasteiger partial charge in [-0.2, -0.15) is 0 Å². The first-order valence-corrected chi connectivity index (χ1v) is 9.02. The van der Waals surface area contributed by atoms with Crippen molar-refractivity contribution in [1.29, 1.82) is 0 Å². The van der Waals surface area contributed by atoms with E-state index in [0.717, 1.165) is 0 Å². The summed E-state index contributed by atoms with van der Waals surface area (Å²) in [5.41, 5.74) is 5.02. The highest BCUT2D eigenvalue weighted by Gasteiger charge is 2.38. The second-order valence-electron chi connectivity index (χ2n) is 6.83. The highest BCUT2D eigenvalue weighted by molar-refractivity contribution is 6.03. The Balaban J connectivity index is 1.82. The maximum absolute atomic E-state index is 14.6. The van der Waals surface area contributed by atoms with E-state index in [1.165, 1.54) is 42.5 Å². The summed E-state index contributed by atoms with van der Waals surface area (Å²) in [5, 5.41) is 11.3. The number of ether oxygens (including phenoxy) is 1. The minimum atomic E-state index is -1.20. The monoisotopic (exact) mass is 416 g/mol. The SMILES string of the molecule is CN1C(=O)CC(C)(c2cc(NC(=O)c3cnc(OCCO)cn3)ccc2F)N=C1N. The molecule has 0 radical (unpaired) electrons. The average molecular weight is 416 g/mol. The molecule has 0 aliphatic carbocycles. The Labute approximate surface area is 171 Å². The van der Waals surface area contributed by atoms with E-state index in [0.29, 0.717) is 5.69 Å². The third kappa shape index (κ3) is 4.35. The Kier molecular flexibility index (Phi) is 5.92. The van der Waals surface area contributed by atoms with Crippen LogP contribution in [0.4, 0.5) is 10.1 Å². The Morgan fingerprint density at radius 3 is 2.80 bits per heavy atom. The number of aliphatic hydroxyl groups excluding tert-OH is 1. The Hall–Kier alpha value is -3.60. The van der Waals surface area contributed by atoms with Gasteiger partial charge in [-0.05, 0) is 25.1 Å². The van der Waals surface area contributed by atoms with Crippen LogP contribution in [0.3, 0.4) is 0 Å². The number of benzene rings is 1. The Morgan fingerprint density at radius 2 is 2.17 bits per heavy atom. The summed E-state index contributed by atoms with van der Waals surface area (Å²) in [7, 11) is 1.49. The number of nitrogens with one attached hydrogen (secondary N) is 1. The summed E-state index contributed by atoms with van der Waals surface area (Å²) in [6.07, 6.45) is 2.40. The van der Waals surface area contributed by atoms with E-state index in [1.54, 1.807) is 6.92 Å². The smallest absolute Gasteiger partial charge is 0.275 e. The molecule has 1 aromatic heterocycles. The molecule has 4 N–H and O–H groups in total. The van der Waals surface area contributed by atoms with Gasteiger partial charge in [0.05, 0.1) is 31.0 Å². The van der Waals surface area contributed by atoms with Crippen molar-refractivity contribution < 1.29 is 23.8 Å². The van der Waals surface area contributed by atoms with Crippen molar-refractivity contribution in [2.45, 2.75) is 18.9 Å². The standard InChI is InChI=1S/C19H21FN6O4/c1-19(8-16(28)26(2)18(21)25-19)12-7-11(3-4-13(12)20)24-17(29)14-9-23-15(10-22-14)30-6-5-27/h3-4,7,9-10,27H,5-6,8H2,1-2H3,(H2,21,25)(H,24,29). The van der Waals surface area contributed by atoms with E-state index in [1.807, 2.05) is 0 Å². The Bertz CT molecular complexity index is 997. The fourth-order valence-electron chi connectivity index (χ4n) is 2.93. The van der Waals surface area contributed by atoms with Crippen molar-refractivity contribution in [3.05, 3.63) is 47.7 Å². The maximum Gasteiger partial charge on any atom is 0.275 e. The second-order valence-corrected chi connectivity index (χ2v) is 6.83. The number of carbonyl (C=O) groups is 2. The molecule has 1 unspecified atom stereocenters. The molecule has 158 valence electrons. The minimum Gasteiger partial charge on any atom is -0.474 e. The molecule has 2 amide bonds. The molecule has 0 fully saturated rings. The van der Waals surface area contributed by atoms with Crippen LogP contribution in [-0.2, 0) is 10.3 Å². The summed E-state index contributed by atoms with van der Waals surface area (Å²) in [4.78, 5) is 38.0. The van der Waals surface area contributed by atoms with Crippen molar-refractivity contribution in [3.63, 3.8) is 0 Å². The molecule has 0 bridgehead atoms. The van der Waals surface area contributed by atoms with Crippen LogP contribution in [0, 0.1) is 5.82 Å². The molecule has 2 aromatic rings. The second kappa shape index (κ2) is 8.41. The first-order valence-electron chi connectivity index (χ1n) is 9.02. The molecule has 0 saturated carbocycles. The lowest BCUT2D eigenvalue weighted by Crippen LogP contribution is -2.47. The topological polar surface area (TPSA) is 143 Å². The molecular formula is C19H21FN6O4. The van der Waals surface area contributed by atoms with Crippen LogP contribution < -0.4 is 15.8 Å². The maximum atomic E-state index is 14.6. The van der Waals surface area contributed by atoms with Gasteiger partial charge in [-0.15, -0.1) is 0 Å². The van der Waals surface area contributed by atoms with Crippen molar-refractivity contribution in [2.24, 2.45) is 10.7 Å². The van der Waals surface area contributed by atoms with Crippen LogP contribution in [0.5, 0.6) is 5.88 Å². The predicted octanol–water partition coefficient (Wildman–Crippen LogP) is 0.631. The molecule has 3 rings (SSSR count). The van der Waals surface area contributed by atoms with Crippen molar-refractivity contribution in [1.82, 2.24) is 14.9 Å². The number of hydrogen-bond donors (Lipinski definition) is 3. The van der Waals surface area contributed by atoms with Gasteiger partial charge >= 0.3 is 0 Å². The van der Waals surface area contributed by atoms with Gasteiger partial charge in [0.25, 0.3) is 5.91 Å². The molecule has 30 heavy (non-hydrogen) atoms. The van der Waals surface area contributed by atoms with Crippen LogP contribution in [0.25, 0.3) is 0 Å². The largest absolute Gasteiger partial charge is 0.474 e. The van der Waals surface area contributed by atoms with E-state index >= 15 is 0 Å². The van der Waals surface area contributed by atoms with Crippen LogP contribution >= 0.6 is 0 Å². The van der Waals surface area contributed by atoms with Crippen LogP contribution in [0.1, 0.15) is 29.4 Å². The fourth-order valence-corrected chi connectivity index (χ4v) is 2.93. The van der Waals surface area contributed by atoms with E-state index in [-0.39, 0.29) is 48.6 Å². The first kappa shape index (κ1) is 21.1. The number of carbonyl (C=O) groups excluding carboxylic acids is 2. The van der Waals surface area contributed by atoms with E-state index in [2.05, 4.69) is 20.3 Å². The minimum absolute atomic E-state index is 0.0126. The van der Waals surface area contributed by atoms with Gasteiger partial charge in [0, 0.05) is 18.3 Å². The zero-order valence-corrected chi connectivity index (χ0v) is 16.4.